The summed E-state index contributed by atoms with van der Waals surface area (Å²) in [4.78, 5) is 0. The van der Waals surface area contributed by atoms with Crippen molar-refractivity contribution in [1.29, 1.82) is 0 Å². The lowest BCUT2D eigenvalue weighted by Gasteiger charge is -2.11. The lowest BCUT2D eigenvalue weighted by Crippen LogP contribution is -2.15. The van der Waals surface area contributed by atoms with E-state index in [0.717, 1.165) is 12.0 Å². The number of nitrogens with one attached hydrogen (secondary N) is 1. The fraction of sp³-hybridized carbons (Fsp3) is 0.333. The molecule has 0 spiro atoms. The summed E-state index contributed by atoms with van der Waals surface area (Å²) < 4.78 is 0. The molecule has 60 valence electrons. The zero-order chi connectivity index (χ0) is 8.10. The van der Waals surface area contributed by atoms with E-state index in [2.05, 4.69) is 5.48 Å². The van der Waals surface area contributed by atoms with Crippen molar-refractivity contribution in [3.8, 4) is 0 Å². The van der Waals surface area contributed by atoms with Gasteiger partial charge in [0.15, 0.2) is 0 Å². The maximum atomic E-state index is 8.73. The van der Waals surface area contributed by atoms with Crippen LogP contribution in [0.15, 0.2) is 30.3 Å². The first kappa shape index (κ1) is 8.24. The molecule has 1 aromatic carbocycles. The highest BCUT2D eigenvalue weighted by Gasteiger charge is 2.04. The molecule has 2 heteroatoms. The SMILES string of the molecule is CCC(NO)c1ccccc1. The molecule has 0 aliphatic carbocycles. The Morgan fingerprint density at radius 2 is 2.00 bits per heavy atom. The third kappa shape index (κ3) is 2.03. The summed E-state index contributed by atoms with van der Waals surface area (Å²) in [5, 5.41) is 8.73. The summed E-state index contributed by atoms with van der Waals surface area (Å²) in [6.45, 7) is 2.03. The summed E-state index contributed by atoms with van der Waals surface area (Å²) >= 11 is 0. The predicted octanol–water partition coefficient (Wildman–Crippen LogP) is 2.12. The van der Waals surface area contributed by atoms with E-state index >= 15 is 0 Å². The third-order valence-corrected chi connectivity index (χ3v) is 1.77. The second-order valence-electron chi connectivity index (χ2n) is 2.50. The maximum absolute atomic E-state index is 8.73. The lowest BCUT2D eigenvalue weighted by molar-refractivity contribution is 0.124. The largest absolute Gasteiger partial charge is 0.316 e. The van der Waals surface area contributed by atoms with Gasteiger partial charge in [-0.2, -0.15) is 5.48 Å². The summed E-state index contributed by atoms with van der Waals surface area (Å²) in [5.41, 5.74) is 3.39. The fourth-order valence-corrected chi connectivity index (χ4v) is 1.09. The van der Waals surface area contributed by atoms with Crippen LogP contribution in [0.3, 0.4) is 0 Å². The third-order valence-electron chi connectivity index (χ3n) is 1.77. The van der Waals surface area contributed by atoms with E-state index in [1.165, 1.54) is 0 Å². The molecule has 0 amide bonds. The molecule has 11 heavy (non-hydrogen) atoms. The Morgan fingerprint density at radius 3 is 2.45 bits per heavy atom. The maximum Gasteiger partial charge on any atom is 0.0566 e. The molecule has 2 N–H and O–H groups in total. The van der Waals surface area contributed by atoms with E-state index in [1.807, 2.05) is 37.3 Å². The van der Waals surface area contributed by atoms with Crippen LogP contribution in [-0.4, -0.2) is 5.21 Å². The molecule has 0 bridgehead atoms. The average molecular weight is 151 g/mol. The van der Waals surface area contributed by atoms with Gasteiger partial charge in [0.1, 0.15) is 0 Å². The zero-order valence-corrected chi connectivity index (χ0v) is 6.62. The van der Waals surface area contributed by atoms with E-state index in [1.54, 1.807) is 0 Å². The zero-order valence-electron chi connectivity index (χ0n) is 6.62. The molecule has 0 aliphatic rings. The van der Waals surface area contributed by atoms with Gasteiger partial charge in [-0.05, 0) is 12.0 Å². The smallest absolute Gasteiger partial charge is 0.0566 e. The monoisotopic (exact) mass is 151 g/mol. The van der Waals surface area contributed by atoms with Crippen LogP contribution in [0.5, 0.6) is 0 Å². The first-order valence-corrected chi connectivity index (χ1v) is 3.83. The second kappa shape index (κ2) is 4.11. The van der Waals surface area contributed by atoms with Gasteiger partial charge in [0.2, 0.25) is 0 Å². The Balaban J connectivity index is 2.74. The van der Waals surface area contributed by atoms with Crippen molar-refractivity contribution in [3.05, 3.63) is 35.9 Å². The molecule has 0 fully saturated rings. The van der Waals surface area contributed by atoms with E-state index in [4.69, 9.17) is 5.21 Å². The minimum atomic E-state index is 0.0659. The van der Waals surface area contributed by atoms with Crippen molar-refractivity contribution >= 4 is 0 Å². The van der Waals surface area contributed by atoms with Crippen molar-refractivity contribution in [2.24, 2.45) is 0 Å². The summed E-state index contributed by atoms with van der Waals surface area (Å²) in [6, 6.07) is 9.96. The van der Waals surface area contributed by atoms with Crippen LogP contribution in [0.25, 0.3) is 0 Å². The highest BCUT2D eigenvalue weighted by molar-refractivity contribution is 5.18. The molecule has 0 aromatic heterocycles. The van der Waals surface area contributed by atoms with Crippen LogP contribution in [0.2, 0.25) is 0 Å². The molecule has 1 rings (SSSR count). The van der Waals surface area contributed by atoms with Gasteiger partial charge in [-0.1, -0.05) is 37.3 Å². The molecule has 0 radical (unpaired) electrons. The summed E-state index contributed by atoms with van der Waals surface area (Å²) in [7, 11) is 0. The normalized spacial score (nSPS) is 12.9. The van der Waals surface area contributed by atoms with Gasteiger partial charge in [-0.3, -0.25) is 0 Å². The Labute approximate surface area is 66.8 Å². The average Bonchev–Trinajstić information content (AvgIpc) is 2.09. The minimum Gasteiger partial charge on any atom is -0.316 e. The molecular weight excluding hydrogens is 138 g/mol. The summed E-state index contributed by atoms with van der Waals surface area (Å²) in [5.74, 6) is 0. The molecule has 0 saturated carbocycles. The standard InChI is InChI=1S/C9H13NO/c1-2-9(10-11)8-6-4-3-5-7-8/h3-7,9-11H,2H2,1H3. The van der Waals surface area contributed by atoms with Crippen molar-refractivity contribution in [3.63, 3.8) is 0 Å². The molecule has 0 saturated heterocycles. The first-order chi connectivity index (χ1) is 5.38. The number of hydrogen-bond acceptors (Lipinski definition) is 2. The van der Waals surface area contributed by atoms with Gasteiger partial charge in [0.05, 0.1) is 6.04 Å². The van der Waals surface area contributed by atoms with E-state index < -0.39 is 0 Å². The Hall–Kier alpha value is -0.860. The lowest BCUT2D eigenvalue weighted by atomic mass is 10.1. The van der Waals surface area contributed by atoms with E-state index in [-0.39, 0.29) is 6.04 Å². The van der Waals surface area contributed by atoms with Crippen LogP contribution in [0.1, 0.15) is 24.9 Å². The Kier molecular flexibility index (Phi) is 3.08. The van der Waals surface area contributed by atoms with Crippen LogP contribution < -0.4 is 5.48 Å². The van der Waals surface area contributed by atoms with Crippen molar-refractivity contribution in [1.82, 2.24) is 5.48 Å². The highest BCUT2D eigenvalue weighted by Crippen LogP contribution is 2.14. The minimum absolute atomic E-state index is 0.0659. The molecule has 1 unspecified atom stereocenters. The molecule has 2 nitrogen and oxygen atoms in total. The van der Waals surface area contributed by atoms with Crippen LogP contribution in [0, 0.1) is 0 Å². The predicted molar refractivity (Wildman–Crippen MR) is 44.4 cm³/mol. The number of hydroxylamine groups is 1. The molecule has 1 atom stereocenters. The van der Waals surface area contributed by atoms with Crippen LogP contribution in [-0.2, 0) is 0 Å². The fourth-order valence-electron chi connectivity index (χ4n) is 1.09. The molecule has 0 aliphatic heterocycles. The van der Waals surface area contributed by atoms with E-state index in [9.17, 15) is 0 Å². The Morgan fingerprint density at radius 1 is 1.36 bits per heavy atom. The van der Waals surface area contributed by atoms with Crippen LogP contribution >= 0.6 is 0 Å². The summed E-state index contributed by atoms with van der Waals surface area (Å²) in [6.07, 6.45) is 0.889. The van der Waals surface area contributed by atoms with Gasteiger partial charge >= 0.3 is 0 Å². The van der Waals surface area contributed by atoms with Crippen molar-refractivity contribution in [2.45, 2.75) is 19.4 Å². The van der Waals surface area contributed by atoms with Gasteiger partial charge in [0.25, 0.3) is 0 Å². The quantitative estimate of drug-likeness (QED) is 0.648. The number of benzene rings is 1. The van der Waals surface area contributed by atoms with Crippen LogP contribution in [0.4, 0.5) is 0 Å². The highest BCUT2D eigenvalue weighted by atomic mass is 16.5. The topological polar surface area (TPSA) is 32.3 Å². The van der Waals surface area contributed by atoms with E-state index in [0.29, 0.717) is 0 Å². The molecule has 1 aromatic rings. The van der Waals surface area contributed by atoms with Crippen molar-refractivity contribution < 1.29 is 5.21 Å². The number of hydrogen-bond donors (Lipinski definition) is 2. The van der Waals surface area contributed by atoms with Crippen molar-refractivity contribution in [2.75, 3.05) is 0 Å². The second-order valence-corrected chi connectivity index (χ2v) is 2.50. The first-order valence-electron chi connectivity index (χ1n) is 3.83. The van der Waals surface area contributed by atoms with Gasteiger partial charge in [-0.25, -0.2) is 0 Å². The van der Waals surface area contributed by atoms with Gasteiger partial charge in [-0.15, -0.1) is 0 Å². The molecular formula is C9H13NO. The van der Waals surface area contributed by atoms with Gasteiger partial charge in [0, 0.05) is 0 Å². The van der Waals surface area contributed by atoms with Gasteiger partial charge < -0.3 is 5.21 Å². The molecule has 0 heterocycles. The number of rotatable bonds is 3. The Bertz CT molecular complexity index is 194.